The molecule has 27 heavy (non-hydrogen) atoms. The van der Waals surface area contributed by atoms with Gasteiger partial charge in [0, 0.05) is 6.07 Å². The summed E-state index contributed by atoms with van der Waals surface area (Å²) in [5.74, 6) is -1.15. The van der Waals surface area contributed by atoms with Crippen LogP contribution in [0.3, 0.4) is 0 Å². The van der Waals surface area contributed by atoms with Crippen molar-refractivity contribution in [2.24, 2.45) is 17.6 Å². The highest BCUT2D eigenvalue weighted by atomic mass is 16.5. The maximum absolute atomic E-state index is 12.9. The van der Waals surface area contributed by atoms with Crippen molar-refractivity contribution in [3.63, 3.8) is 0 Å². The van der Waals surface area contributed by atoms with Crippen LogP contribution in [0.4, 0.5) is 0 Å². The molecule has 1 aromatic heterocycles. The van der Waals surface area contributed by atoms with Crippen molar-refractivity contribution in [1.82, 2.24) is 15.8 Å². The van der Waals surface area contributed by atoms with Gasteiger partial charge in [0.2, 0.25) is 17.6 Å². The molecule has 0 unspecified atom stereocenters. The average Bonchev–Trinajstić information content (AvgIpc) is 3.20. The van der Waals surface area contributed by atoms with Gasteiger partial charge in [0.1, 0.15) is 12.1 Å². The summed E-state index contributed by atoms with van der Waals surface area (Å²) in [7, 11) is 0. The minimum absolute atomic E-state index is 0.0461. The van der Waals surface area contributed by atoms with Crippen LogP contribution in [0.25, 0.3) is 0 Å². The maximum atomic E-state index is 12.9. The molecule has 2 rings (SSSR count). The molecule has 3 atom stereocenters. The topological polar surface area (TPSA) is 127 Å². The van der Waals surface area contributed by atoms with Crippen molar-refractivity contribution >= 4 is 17.7 Å². The second-order valence-electron chi connectivity index (χ2n) is 7.42. The van der Waals surface area contributed by atoms with Crippen molar-refractivity contribution in [1.29, 1.82) is 0 Å². The summed E-state index contributed by atoms with van der Waals surface area (Å²) in [5, 5.41) is 8.98. The largest absolute Gasteiger partial charge is 0.368 e. The third kappa shape index (κ3) is 6.08. The van der Waals surface area contributed by atoms with Crippen LogP contribution in [0.15, 0.2) is 16.8 Å². The zero-order valence-electron chi connectivity index (χ0n) is 16.1. The number of carbonyl (C=O) groups excluding carboxylic acids is 3. The molecule has 0 radical (unpaired) electrons. The van der Waals surface area contributed by atoms with Crippen LogP contribution >= 0.6 is 0 Å². The standard InChI is InChI=1S/C19H30N4O4/c1-3-12(2)16(17(20)24)23-18(25)14(11-13-7-5-4-6-8-13)22-19(26)15-9-10-21-27-15/h9-10,12-14,16H,3-8,11H2,1-2H3,(H2,20,24)(H,22,26)(H,23,25)/t12-,14-,16-/m0/s1. The number of primary amides is 1. The van der Waals surface area contributed by atoms with E-state index < -0.39 is 29.8 Å². The summed E-state index contributed by atoms with van der Waals surface area (Å²) in [6.07, 6.45) is 8.13. The first-order valence-electron chi connectivity index (χ1n) is 9.73. The predicted octanol–water partition coefficient (Wildman–Crippen LogP) is 1.76. The maximum Gasteiger partial charge on any atom is 0.290 e. The van der Waals surface area contributed by atoms with E-state index in [1.165, 1.54) is 18.7 Å². The SMILES string of the molecule is CC[C@H](C)[C@H](NC(=O)[C@H](CC1CCCCC1)NC(=O)c1ccno1)C(N)=O. The Kier molecular flexibility index (Phi) is 7.82. The normalized spacial score (nSPS) is 18.3. The summed E-state index contributed by atoms with van der Waals surface area (Å²) in [4.78, 5) is 37.0. The minimum Gasteiger partial charge on any atom is -0.368 e. The summed E-state index contributed by atoms with van der Waals surface area (Å²) in [6.45, 7) is 3.79. The van der Waals surface area contributed by atoms with E-state index in [-0.39, 0.29) is 11.7 Å². The minimum atomic E-state index is -0.765. The molecule has 8 nitrogen and oxygen atoms in total. The highest BCUT2D eigenvalue weighted by molar-refractivity contribution is 5.96. The number of aromatic nitrogens is 1. The zero-order valence-corrected chi connectivity index (χ0v) is 16.1. The van der Waals surface area contributed by atoms with E-state index in [1.807, 2.05) is 13.8 Å². The lowest BCUT2D eigenvalue weighted by Crippen LogP contribution is -2.55. The molecule has 0 bridgehead atoms. The fourth-order valence-corrected chi connectivity index (χ4v) is 3.53. The first-order valence-corrected chi connectivity index (χ1v) is 9.73. The fourth-order valence-electron chi connectivity index (χ4n) is 3.53. The van der Waals surface area contributed by atoms with Crippen LogP contribution in [-0.4, -0.2) is 35.0 Å². The Bertz CT molecular complexity index is 626. The van der Waals surface area contributed by atoms with E-state index in [0.717, 1.165) is 25.7 Å². The number of hydrogen-bond donors (Lipinski definition) is 3. The third-order valence-corrected chi connectivity index (χ3v) is 5.39. The number of amides is 3. The molecule has 1 aromatic rings. The Morgan fingerprint density at radius 3 is 2.52 bits per heavy atom. The van der Waals surface area contributed by atoms with E-state index in [2.05, 4.69) is 15.8 Å². The summed E-state index contributed by atoms with van der Waals surface area (Å²) in [6, 6.07) is -0.0776. The van der Waals surface area contributed by atoms with Crippen molar-refractivity contribution < 1.29 is 18.9 Å². The van der Waals surface area contributed by atoms with E-state index in [0.29, 0.717) is 18.8 Å². The van der Waals surface area contributed by atoms with Gasteiger partial charge >= 0.3 is 0 Å². The van der Waals surface area contributed by atoms with Crippen molar-refractivity contribution in [3.8, 4) is 0 Å². The predicted molar refractivity (Wildman–Crippen MR) is 99.5 cm³/mol. The van der Waals surface area contributed by atoms with Crippen LogP contribution in [0.2, 0.25) is 0 Å². The van der Waals surface area contributed by atoms with Crippen LogP contribution in [0.5, 0.6) is 0 Å². The van der Waals surface area contributed by atoms with Gasteiger partial charge in [0.15, 0.2) is 0 Å². The lowest BCUT2D eigenvalue weighted by molar-refractivity contribution is -0.129. The van der Waals surface area contributed by atoms with Crippen LogP contribution < -0.4 is 16.4 Å². The fraction of sp³-hybridized carbons (Fsp3) is 0.684. The van der Waals surface area contributed by atoms with Crippen LogP contribution in [0.1, 0.15) is 69.3 Å². The second-order valence-corrected chi connectivity index (χ2v) is 7.42. The van der Waals surface area contributed by atoms with E-state index in [4.69, 9.17) is 10.3 Å². The number of nitrogens with one attached hydrogen (secondary N) is 2. The van der Waals surface area contributed by atoms with E-state index in [1.54, 1.807) is 0 Å². The lowest BCUT2D eigenvalue weighted by Gasteiger charge is -2.28. The van der Waals surface area contributed by atoms with Gasteiger partial charge in [-0.25, -0.2) is 0 Å². The van der Waals surface area contributed by atoms with Gasteiger partial charge in [-0.2, -0.15) is 0 Å². The van der Waals surface area contributed by atoms with Gasteiger partial charge in [-0.3, -0.25) is 14.4 Å². The Labute approximate surface area is 159 Å². The number of rotatable bonds is 9. The lowest BCUT2D eigenvalue weighted by atomic mass is 9.84. The molecule has 3 amide bonds. The molecule has 0 aliphatic heterocycles. The molecule has 1 heterocycles. The molecule has 0 saturated heterocycles. The molecule has 150 valence electrons. The molecule has 1 aliphatic carbocycles. The smallest absolute Gasteiger partial charge is 0.290 e. The van der Waals surface area contributed by atoms with Crippen molar-refractivity contribution in [2.75, 3.05) is 0 Å². The quantitative estimate of drug-likeness (QED) is 0.603. The first-order chi connectivity index (χ1) is 12.9. The van der Waals surface area contributed by atoms with Crippen molar-refractivity contribution in [2.45, 2.75) is 70.9 Å². The Morgan fingerprint density at radius 2 is 1.96 bits per heavy atom. The highest BCUT2D eigenvalue weighted by Crippen LogP contribution is 2.27. The van der Waals surface area contributed by atoms with Gasteiger partial charge in [-0.15, -0.1) is 0 Å². The second kappa shape index (κ2) is 10.1. The summed E-state index contributed by atoms with van der Waals surface area (Å²) >= 11 is 0. The Morgan fingerprint density at radius 1 is 1.26 bits per heavy atom. The molecular weight excluding hydrogens is 348 g/mol. The zero-order chi connectivity index (χ0) is 19.8. The number of nitrogens with two attached hydrogens (primary N) is 1. The number of nitrogens with zero attached hydrogens (tertiary/aromatic N) is 1. The highest BCUT2D eigenvalue weighted by Gasteiger charge is 2.31. The summed E-state index contributed by atoms with van der Waals surface area (Å²) in [5.41, 5.74) is 5.46. The summed E-state index contributed by atoms with van der Waals surface area (Å²) < 4.78 is 4.87. The van der Waals surface area contributed by atoms with Gasteiger partial charge in [-0.05, 0) is 18.3 Å². The first kappa shape index (κ1) is 20.9. The van der Waals surface area contributed by atoms with Gasteiger partial charge < -0.3 is 20.9 Å². The van der Waals surface area contributed by atoms with Gasteiger partial charge in [-0.1, -0.05) is 57.5 Å². The Balaban J connectivity index is 2.09. The monoisotopic (exact) mass is 378 g/mol. The average molecular weight is 378 g/mol. The van der Waals surface area contributed by atoms with E-state index >= 15 is 0 Å². The van der Waals surface area contributed by atoms with Gasteiger partial charge in [0.05, 0.1) is 6.20 Å². The molecular formula is C19H30N4O4. The third-order valence-electron chi connectivity index (χ3n) is 5.39. The molecule has 1 aliphatic rings. The molecule has 8 heteroatoms. The number of hydrogen-bond acceptors (Lipinski definition) is 5. The van der Waals surface area contributed by atoms with Crippen LogP contribution in [0, 0.1) is 11.8 Å². The molecule has 1 fully saturated rings. The van der Waals surface area contributed by atoms with E-state index in [9.17, 15) is 14.4 Å². The molecule has 0 aromatic carbocycles. The number of carbonyl (C=O) groups is 3. The van der Waals surface area contributed by atoms with Crippen molar-refractivity contribution in [3.05, 3.63) is 18.0 Å². The van der Waals surface area contributed by atoms with Crippen LogP contribution in [-0.2, 0) is 9.59 Å². The molecule has 1 saturated carbocycles. The van der Waals surface area contributed by atoms with Gasteiger partial charge in [0.25, 0.3) is 5.91 Å². The Hall–Kier alpha value is -2.38. The molecule has 4 N–H and O–H groups in total. The molecule has 0 spiro atoms.